The first-order chi connectivity index (χ1) is 9.10. The Bertz CT molecular complexity index is 435. The minimum absolute atomic E-state index is 0.475. The Morgan fingerprint density at radius 1 is 1.26 bits per heavy atom. The van der Waals surface area contributed by atoms with Gasteiger partial charge in [0.2, 0.25) is 0 Å². The maximum Gasteiger partial charge on any atom is 0.0366 e. The smallest absolute Gasteiger partial charge is 0.0366 e. The van der Waals surface area contributed by atoms with Crippen LogP contribution >= 0.6 is 0 Å². The molecule has 0 aromatic heterocycles. The largest absolute Gasteiger partial charge is 0.370 e. The topological polar surface area (TPSA) is 15.3 Å². The highest BCUT2D eigenvalue weighted by atomic mass is 15.2. The highest BCUT2D eigenvalue weighted by Crippen LogP contribution is 2.40. The van der Waals surface area contributed by atoms with Gasteiger partial charge in [-0.05, 0) is 41.9 Å². The van der Waals surface area contributed by atoms with Gasteiger partial charge in [0.15, 0.2) is 0 Å². The zero-order valence-corrected chi connectivity index (χ0v) is 12.4. The third kappa shape index (κ3) is 2.38. The number of nitrogens with zero attached hydrogens (tertiary/aromatic N) is 1. The molecule has 3 rings (SSSR count). The summed E-state index contributed by atoms with van der Waals surface area (Å²) in [5.74, 6) is 0.846. The summed E-state index contributed by atoms with van der Waals surface area (Å²) in [6, 6.07) is 9.80. The molecule has 2 heteroatoms. The maximum absolute atomic E-state index is 3.73. The number of fused-ring (bicyclic) bond motifs is 1. The fraction of sp³-hybridized carbons (Fsp3) is 0.647. The SMILES string of the molecule is CCc1ccc(N2CCC3C(C2)NCC3(C)C)cc1. The van der Waals surface area contributed by atoms with Crippen molar-refractivity contribution in [2.24, 2.45) is 11.3 Å². The molecule has 0 saturated carbocycles. The van der Waals surface area contributed by atoms with Crippen molar-refractivity contribution >= 4 is 5.69 Å². The molecule has 1 aromatic carbocycles. The van der Waals surface area contributed by atoms with Crippen molar-refractivity contribution in [3.8, 4) is 0 Å². The molecule has 2 atom stereocenters. The van der Waals surface area contributed by atoms with Crippen LogP contribution < -0.4 is 10.2 Å². The van der Waals surface area contributed by atoms with Gasteiger partial charge in [-0.2, -0.15) is 0 Å². The van der Waals surface area contributed by atoms with E-state index in [1.165, 1.54) is 37.3 Å². The van der Waals surface area contributed by atoms with Crippen molar-refractivity contribution < 1.29 is 0 Å². The molecule has 19 heavy (non-hydrogen) atoms. The van der Waals surface area contributed by atoms with Gasteiger partial charge in [-0.15, -0.1) is 0 Å². The standard InChI is InChI=1S/C17H26N2/c1-4-13-5-7-14(8-6-13)19-10-9-15-16(11-19)18-12-17(15,2)3/h5-8,15-16,18H,4,9-12H2,1-3H3. The molecule has 0 aliphatic carbocycles. The Kier molecular flexibility index (Phi) is 3.30. The minimum Gasteiger partial charge on any atom is -0.370 e. The van der Waals surface area contributed by atoms with Crippen molar-refractivity contribution in [3.05, 3.63) is 29.8 Å². The van der Waals surface area contributed by atoms with Crippen LogP contribution in [0.3, 0.4) is 0 Å². The van der Waals surface area contributed by atoms with Crippen molar-refractivity contribution in [2.45, 2.75) is 39.7 Å². The van der Waals surface area contributed by atoms with E-state index in [2.05, 4.69) is 55.3 Å². The van der Waals surface area contributed by atoms with Crippen LogP contribution in [0.15, 0.2) is 24.3 Å². The minimum atomic E-state index is 0.475. The number of anilines is 1. The predicted octanol–water partition coefficient (Wildman–Crippen LogP) is 3.07. The highest BCUT2D eigenvalue weighted by Gasteiger charge is 2.44. The van der Waals surface area contributed by atoms with Crippen molar-refractivity contribution in [1.82, 2.24) is 5.32 Å². The Hall–Kier alpha value is -1.02. The molecule has 2 aliphatic heterocycles. The summed E-state index contributed by atoms with van der Waals surface area (Å²) in [4.78, 5) is 2.55. The number of nitrogens with one attached hydrogen (secondary N) is 1. The summed E-state index contributed by atoms with van der Waals surface area (Å²) in [5, 5.41) is 3.73. The van der Waals surface area contributed by atoms with Crippen molar-refractivity contribution in [2.75, 3.05) is 24.5 Å². The van der Waals surface area contributed by atoms with E-state index in [1.807, 2.05) is 0 Å². The van der Waals surface area contributed by atoms with Crippen LogP contribution in [0.1, 0.15) is 32.8 Å². The number of rotatable bonds is 2. The lowest BCUT2D eigenvalue weighted by Gasteiger charge is -2.40. The number of hydrogen-bond acceptors (Lipinski definition) is 2. The maximum atomic E-state index is 3.73. The van der Waals surface area contributed by atoms with Gasteiger partial charge in [0, 0.05) is 31.4 Å². The van der Waals surface area contributed by atoms with Gasteiger partial charge in [-0.25, -0.2) is 0 Å². The zero-order valence-electron chi connectivity index (χ0n) is 12.4. The quantitative estimate of drug-likeness (QED) is 0.877. The van der Waals surface area contributed by atoms with Gasteiger partial charge in [0.25, 0.3) is 0 Å². The van der Waals surface area contributed by atoms with E-state index in [4.69, 9.17) is 0 Å². The molecule has 0 spiro atoms. The van der Waals surface area contributed by atoms with Crippen molar-refractivity contribution in [1.29, 1.82) is 0 Å². The molecule has 2 aliphatic rings. The Morgan fingerprint density at radius 2 is 2.00 bits per heavy atom. The van der Waals surface area contributed by atoms with Crippen LogP contribution in [-0.2, 0) is 6.42 Å². The molecular formula is C17H26N2. The normalized spacial score (nSPS) is 29.3. The van der Waals surface area contributed by atoms with Gasteiger partial charge >= 0.3 is 0 Å². The monoisotopic (exact) mass is 258 g/mol. The average molecular weight is 258 g/mol. The second kappa shape index (κ2) is 4.82. The van der Waals surface area contributed by atoms with Gasteiger partial charge < -0.3 is 10.2 Å². The summed E-state index contributed by atoms with van der Waals surface area (Å²) in [6.45, 7) is 10.6. The van der Waals surface area contributed by atoms with E-state index in [0.717, 1.165) is 12.3 Å². The number of benzene rings is 1. The molecular weight excluding hydrogens is 232 g/mol. The first-order valence-corrected chi connectivity index (χ1v) is 7.67. The Balaban J connectivity index is 1.71. The first-order valence-electron chi connectivity index (χ1n) is 7.67. The molecule has 1 N–H and O–H groups in total. The van der Waals surface area contributed by atoms with E-state index < -0.39 is 0 Å². The Morgan fingerprint density at radius 3 is 2.68 bits per heavy atom. The number of aryl methyl sites for hydroxylation is 1. The molecule has 2 nitrogen and oxygen atoms in total. The lowest BCUT2D eigenvalue weighted by atomic mass is 9.75. The van der Waals surface area contributed by atoms with E-state index in [9.17, 15) is 0 Å². The van der Waals surface area contributed by atoms with Crippen LogP contribution in [0.2, 0.25) is 0 Å². The fourth-order valence-electron chi connectivity index (χ4n) is 3.80. The molecule has 0 radical (unpaired) electrons. The van der Waals surface area contributed by atoms with Crippen LogP contribution in [0, 0.1) is 11.3 Å². The molecule has 2 unspecified atom stereocenters. The summed E-state index contributed by atoms with van der Waals surface area (Å²) < 4.78 is 0. The summed E-state index contributed by atoms with van der Waals surface area (Å²) >= 11 is 0. The van der Waals surface area contributed by atoms with Crippen LogP contribution in [0.25, 0.3) is 0 Å². The Labute approximate surface area is 117 Å². The van der Waals surface area contributed by atoms with Crippen LogP contribution in [0.5, 0.6) is 0 Å². The first kappa shape index (κ1) is 13.0. The van der Waals surface area contributed by atoms with Crippen LogP contribution in [0.4, 0.5) is 5.69 Å². The van der Waals surface area contributed by atoms with Gasteiger partial charge in [-0.1, -0.05) is 32.9 Å². The van der Waals surface area contributed by atoms with Gasteiger partial charge in [-0.3, -0.25) is 0 Å². The summed E-state index contributed by atoms with van der Waals surface area (Å²) in [5.41, 5.74) is 3.30. The molecule has 2 heterocycles. The summed E-state index contributed by atoms with van der Waals surface area (Å²) in [6.07, 6.45) is 2.45. The number of piperidine rings is 1. The van der Waals surface area contributed by atoms with E-state index in [0.29, 0.717) is 11.5 Å². The van der Waals surface area contributed by atoms with E-state index in [-0.39, 0.29) is 0 Å². The van der Waals surface area contributed by atoms with Gasteiger partial charge in [0.05, 0.1) is 0 Å². The lowest BCUT2D eigenvalue weighted by molar-refractivity contribution is 0.227. The van der Waals surface area contributed by atoms with E-state index in [1.54, 1.807) is 0 Å². The third-order valence-corrected chi connectivity index (χ3v) is 5.15. The summed E-state index contributed by atoms with van der Waals surface area (Å²) in [7, 11) is 0. The lowest BCUT2D eigenvalue weighted by Crippen LogP contribution is -2.47. The molecule has 2 saturated heterocycles. The molecule has 0 bridgehead atoms. The third-order valence-electron chi connectivity index (χ3n) is 5.15. The van der Waals surface area contributed by atoms with Crippen LogP contribution in [-0.4, -0.2) is 25.7 Å². The second-order valence-electron chi connectivity index (χ2n) is 6.84. The van der Waals surface area contributed by atoms with E-state index >= 15 is 0 Å². The zero-order chi connectivity index (χ0) is 13.5. The number of hydrogen-bond donors (Lipinski definition) is 1. The predicted molar refractivity (Wildman–Crippen MR) is 81.7 cm³/mol. The molecule has 0 amide bonds. The average Bonchev–Trinajstić information content (AvgIpc) is 2.74. The fourth-order valence-corrected chi connectivity index (χ4v) is 3.80. The molecule has 104 valence electrons. The van der Waals surface area contributed by atoms with Crippen molar-refractivity contribution in [3.63, 3.8) is 0 Å². The molecule has 1 aromatic rings. The second-order valence-corrected chi connectivity index (χ2v) is 6.84. The van der Waals surface area contributed by atoms with Gasteiger partial charge in [0.1, 0.15) is 0 Å². The highest BCUT2D eigenvalue weighted by molar-refractivity contribution is 5.48. The molecule has 2 fully saturated rings.